The molecule has 2 nitrogen and oxygen atoms in total. The molecule has 1 heterocycles. The van der Waals surface area contributed by atoms with Crippen molar-refractivity contribution < 1.29 is 4.74 Å². The molecular formula is C14H18ClNO. The van der Waals surface area contributed by atoms with E-state index in [1.807, 2.05) is 6.07 Å². The highest BCUT2D eigenvalue weighted by Gasteiger charge is 2.23. The van der Waals surface area contributed by atoms with Gasteiger partial charge >= 0.3 is 0 Å². The van der Waals surface area contributed by atoms with Gasteiger partial charge in [-0.2, -0.15) is 0 Å². The number of hydrogen-bond donors (Lipinski definition) is 1. The molecule has 3 rings (SSSR count). The standard InChI is InChI=1S/C14H18ClNO/c15-12-4-3-10-7-13(8-11(10)6-12)16-9-14-2-1-5-17-14/h3-4,6,13-14,16H,1-2,5,7-9H2. The number of nitrogens with one attached hydrogen (secondary N) is 1. The summed E-state index contributed by atoms with van der Waals surface area (Å²) < 4.78 is 5.63. The molecular weight excluding hydrogens is 234 g/mol. The number of halogens is 1. The largest absolute Gasteiger partial charge is 0.377 e. The van der Waals surface area contributed by atoms with Gasteiger partial charge in [0.05, 0.1) is 6.10 Å². The van der Waals surface area contributed by atoms with E-state index in [1.165, 1.54) is 24.0 Å². The maximum Gasteiger partial charge on any atom is 0.0700 e. The third kappa shape index (κ3) is 2.65. The molecule has 1 N–H and O–H groups in total. The van der Waals surface area contributed by atoms with E-state index in [-0.39, 0.29) is 0 Å². The van der Waals surface area contributed by atoms with Gasteiger partial charge in [-0.1, -0.05) is 17.7 Å². The van der Waals surface area contributed by atoms with E-state index in [2.05, 4.69) is 17.4 Å². The molecule has 1 aromatic carbocycles. The minimum atomic E-state index is 0.433. The van der Waals surface area contributed by atoms with Crippen molar-refractivity contribution in [2.75, 3.05) is 13.2 Å². The quantitative estimate of drug-likeness (QED) is 0.892. The molecule has 3 heteroatoms. The molecule has 1 aliphatic heterocycles. The predicted molar refractivity (Wildman–Crippen MR) is 69.6 cm³/mol. The average Bonchev–Trinajstić information content (AvgIpc) is 2.94. The third-order valence-electron chi connectivity index (χ3n) is 3.76. The minimum Gasteiger partial charge on any atom is -0.377 e. The van der Waals surface area contributed by atoms with E-state index in [1.54, 1.807) is 0 Å². The maximum atomic E-state index is 6.01. The van der Waals surface area contributed by atoms with Gasteiger partial charge < -0.3 is 10.1 Å². The van der Waals surface area contributed by atoms with Crippen LogP contribution >= 0.6 is 11.6 Å². The van der Waals surface area contributed by atoms with Crippen molar-refractivity contribution in [1.29, 1.82) is 0 Å². The first-order chi connectivity index (χ1) is 8.31. The van der Waals surface area contributed by atoms with Crippen LogP contribution in [0.25, 0.3) is 0 Å². The van der Waals surface area contributed by atoms with Crippen LogP contribution in [0.2, 0.25) is 5.02 Å². The van der Waals surface area contributed by atoms with Gasteiger partial charge in [-0.3, -0.25) is 0 Å². The second-order valence-electron chi connectivity index (χ2n) is 5.06. The summed E-state index contributed by atoms with van der Waals surface area (Å²) in [7, 11) is 0. The van der Waals surface area contributed by atoms with Crippen molar-refractivity contribution in [2.24, 2.45) is 0 Å². The first-order valence-corrected chi connectivity index (χ1v) is 6.81. The Morgan fingerprint density at radius 3 is 3.00 bits per heavy atom. The molecule has 1 aliphatic carbocycles. The van der Waals surface area contributed by atoms with Gasteiger partial charge in [-0.05, 0) is 48.9 Å². The Labute approximate surface area is 107 Å². The van der Waals surface area contributed by atoms with Gasteiger partial charge in [-0.25, -0.2) is 0 Å². The molecule has 1 aromatic rings. The molecule has 0 radical (unpaired) electrons. The van der Waals surface area contributed by atoms with E-state index >= 15 is 0 Å². The molecule has 0 spiro atoms. The zero-order valence-electron chi connectivity index (χ0n) is 9.92. The van der Waals surface area contributed by atoms with E-state index in [4.69, 9.17) is 16.3 Å². The summed E-state index contributed by atoms with van der Waals surface area (Å²) >= 11 is 6.01. The van der Waals surface area contributed by atoms with Gasteiger partial charge in [0.1, 0.15) is 0 Å². The van der Waals surface area contributed by atoms with Crippen molar-refractivity contribution in [2.45, 2.75) is 37.8 Å². The minimum absolute atomic E-state index is 0.433. The zero-order valence-corrected chi connectivity index (χ0v) is 10.7. The molecule has 0 saturated carbocycles. The average molecular weight is 252 g/mol. The molecule has 0 aromatic heterocycles. The molecule has 17 heavy (non-hydrogen) atoms. The van der Waals surface area contributed by atoms with Crippen LogP contribution in [0.1, 0.15) is 24.0 Å². The first-order valence-electron chi connectivity index (χ1n) is 6.43. The summed E-state index contributed by atoms with van der Waals surface area (Å²) in [6.45, 7) is 1.93. The van der Waals surface area contributed by atoms with Crippen LogP contribution in [-0.2, 0) is 17.6 Å². The van der Waals surface area contributed by atoms with Gasteiger partial charge in [0, 0.05) is 24.2 Å². The number of ether oxygens (including phenoxy) is 1. The van der Waals surface area contributed by atoms with Crippen molar-refractivity contribution in [1.82, 2.24) is 5.32 Å². The maximum absolute atomic E-state index is 6.01. The van der Waals surface area contributed by atoms with Gasteiger partial charge in [-0.15, -0.1) is 0 Å². The Hall–Kier alpha value is -0.570. The van der Waals surface area contributed by atoms with Crippen molar-refractivity contribution in [3.8, 4) is 0 Å². The Kier molecular flexibility index (Phi) is 3.37. The van der Waals surface area contributed by atoms with E-state index < -0.39 is 0 Å². The summed E-state index contributed by atoms with van der Waals surface area (Å²) in [6, 6.07) is 6.81. The van der Waals surface area contributed by atoms with Crippen LogP contribution in [0.15, 0.2) is 18.2 Å². The molecule has 0 amide bonds. The molecule has 2 unspecified atom stereocenters. The lowest BCUT2D eigenvalue weighted by Gasteiger charge is -2.15. The number of hydrogen-bond acceptors (Lipinski definition) is 2. The number of fused-ring (bicyclic) bond motifs is 1. The summed E-state index contributed by atoms with van der Waals surface area (Å²) in [4.78, 5) is 0. The number of benzene rings is 1. The Bertz CT molecular complexity index is 401. The van der Waals surface area contributed by atoms with Crippen LogP contribution in [-0.4, -0.2) is 25.3 Å². The summed E-state index contributed by atoms with van der Waals surface area (Å²) in [5.41, 5.74) is 2.85. The lowest BCUT2D eigenvalue weighted by molar-refractivity contribution is 0.107. The lowest BCUT2D eigenvalue weighted by Crippen LogP contribution is -2.35. The second kappa shape index (κ2) is 4.97. The molecule has 92 valence electrons. The fraction of sp³-hybridized carbons (Fsp3) is 0.571. The Balaban J connectivity index is 1.55. The lowest BCUT2D eigenvalue weighted by atomic mass is 10.1. The molecule has 1 fully saturated rings. The van der Waals surface area contributed by atoms with Gasteiger partial charge in [0.2, 0.25) is 0 Å². The Morgan fingerprint density at radius 1 is 1.29 bits per heavy atom. The normalized spacial score (nSPS) is 27.4. The molecule has 2 aliphatic rings. The van der Waals surface area contributed by atoms with Crippen molar-refractivity contribution >= 4 is 11.6 Å². The predicted octanol–water partition coefficient (Wildman–Crippen LogP) is 2.58. The fourth-order valence-corrected chi connectivity index (χ4v) is 3.03. The monoisotopic (exact) mass is 251 g/mol. The topological polar surface area (TPSA) is 21.3 Å². The highest BCUT2D eigenvalue weighted by atomic mass is 35.5. The molecule has 2 atom stereocenters. The van der Waals surface area contributed by atoms with E-state index in [9.17, 15) is 0 Å². The van der Waals surface area contributed by atoms with Crippen LogP contribution in [0, 0.1) is 0 Å². The van der Waals surface area contributed by atoms with Crippen LogP contribution in [0.3, 0.4) is 0 Å². The molecule has 0 bridgehead atoms. The van der Waals surface area contributed by atoms with Crippen LogP contribution in [0.5, 0.6) is 0 Å². The van der Waals surface area contributed by atoms with Crippen LogP contribution < -0.4 is 5.32 Å². The van der Waals surface area contributed by atoms with Gasteiger partial charge in [0.15, 0.2) is 0 Å². The summed E-state index contributed by atoms with van der Waals surface area (Å²) in [6.07, 6.45) is 5.08. The fourth-order valence-electron chi connectivity index (χ4n) is 2.83. The third-order valence-corrected chi connectivity index (χ3v) is 3.99. The number of rotatable bonds is 3. The Morgan fingerprint density at radius 2 is 2.18 bits per heavy atom. The zero-order chi connectivity index (χ0) is 11.7. The highest BCUT2D eigenvalue weighted by molar-refractivity contribution is 6.30. The smallest absolute Gasteiger partial charge is 0.0700 e. The second-order valence-corrected chi connectivity index (χ2v) is 5.50. The molecule has 1 saturated heterocycles. The van der Waals surface area contributed by atoms with Crippen LogP contribution in [0.4, 0.5) is 0 Å². The van der Waals surface area contributed by atoms with Gasteiger partial charge in [0.25, 0.3) is 0 Å². The van der Waals surface area contributed by atoms with E-state index in [0.717, 1.165) is 31.0 Å². The van der Waals surface area contributed by atoms with Crippen molar-refractivity contribution in [3.05, 3.63) is 34.3 Å². The van der Waals surface area contributed by atoms with E-state index in [0.29, 0.717) is 12.1 Å². The SMILES string of the molecule is Clc1ccc2c(c1)CC(NCC1CCCO1)C2. The van der Waals surface area contributed by atoms with Crippen molar-refractivity contribution in [3.63, 3.8) is 0 Å². The highest BCUT2D eigenvalue weighted by Crippen LogP contribution is 2.25. The first kappa shape index (κ1) is 11.5. The summed E-state index contributed by atoms with van der Waals surface area (Å²) in [5.74, 6) is 0. The summed E-state index contributed by atoms with van der Waals surface area (Å²) in [5, 5.41) is 4.47.